The van der Waals surface area contributed by atoms with Crippen LogP contribution in [-0.2, 0) is 0 Å². The fraction of sp³-hybridized carbons (Fsp3) is 0.480. The van der Waals surface area contributed by atoms with E-state index in [4.69, 9.17) is 9.47 Å². The van der Waals surface area contributed by atoms with Crippen molar-refractivity contribution in [2.24, 2.45) is 0 Å². The highest BCUT2D eigenvalue weighted by atomic mass is 16.5. The Kier molecular flexibility index (Phi) is 11.7. The first-order valence-electron chi connectivity index (χ1n) is 10.3. The van der Waals surface area contributed by atoms with Gasteiger partial charge in [-0.25, -0.2) is 0 Å². The zero-order valence-corrected chi connectivity index (χ0v) is 18.2. The largest absolute Gasteiger partial charge is 0.490 e. The Morgan fingerprint density at radius 1 is 0.857 bits per heavy atom. The molecule has 28 heavy (non-hydrogen) atoms. The summed E-state index contributed by atoms with van der Waals surface area (Å²) < 4.78 is 11.4. The molecule has 1 aromatic rings. The van der Waals surface area contributed by atoms with E-state index < -0.39 is 0 Å². The van der Waals surface area contributed by atoms with Gasteiger partial charge in [0, 0.05) is 5.56 Å². The Labute approximate surface area is 171 Å². The van der Waals surface area contributed by atoms with Crippen molar-refractivity contribution in [2.75, 3.05) is 13.2 Å². The molecular weight excluding hydrogens is 348 g/mol. The summed E-state index contributed by atoms with van der Waals surface area (Å²) in [6, 6.07) is 5.27. The standard InChI is InChI=1S/C25H36O3/c1-6-27-25-18-23(19-26)15-16-24(25)28-17-9-14-22(5)13-8-12-21(4)11-7-10-20(2)3/h10,12,14-16,18-19H,6-9,11,13,17H2,1-5H3/b21-12+,22-14+. The third-order valence-electron chi connectivity index (χ3n) is 4.39. The molecule has 0 spiro atoms. The Hall–Kier alpha value is -2.29. The molecule has 3 nitrogen and oxygen atoms in total. The minimum absolute atomic E-state index is 0.541. The molecule has 1 aromatic carbocycles. The summed E-state index contributed by atoms with van der Waals surface area (Å²) in [5.74, 6) is 1.31. The van der Waals surface area contributed by atoms with Crippen molar-refractivity contribution in [1.29, 1.82) is 0 Å². The van der Waals surface area contributed by atoms with Gasteiger partial charge in [-0.2, -0.15) is 0 Å². The van der Waals surface area contributed by atoms with Gasteiger partial charge in [-0.3, -0.25) is 4.79 Å². The monoisotopic (exact) mass is 384 g/mol. The Bertz CT molecular complexity index is 692. The third kappa shape index (κ3) is 10.1. The van der Waals surface area contributed by atoms with E-state index in [0.717, 1.165) is 38.4 Å². The van der Waals surface area contributed by atoms with Crippen LogP contribution in [0.4, 0.5) is 0 Å². The number of carbonyl (C=O) groups is 1. The number of hydrogen-bond acceptors (Lipinski definition) is 3. The molecule has 0 aromatic heterocycles. The number of rotatable bonds is 13. The first-order valence-corrected chi connectivity index (χ1v) is 10.3. The predicted molar refractivity (Wildman–Crippen MR) is 119 cm³/mol. The fourth-order valence-electron chi connectivity index (χ4n) is 2.80. The molecule has 0 saturated carbocycles. The van der Waals surface area contributed by atoms with Crippen molar-refractivity contribution in [1.82, 2.24) is 0 Å². The third-order valence-corrected chi connectivity index (χ3v) is 4.39. The topological polar surface area (TPSA) is 35.5 Å². The molecule has 0 fully saturated rings. The van der Waals surface area contributed by atoms with Crippen molar-refractivity contribution in [2.45, 2.75) is 66.7 Å². The normalized spacial score (nSPS) is 11.9. The van der Waals surface area contributed by atoms with Crippen molar-refractivity contribution < 1.29 is 14.3 Å². The summed E-state index contributed by atoms with van der Waals surface area (Å²) in [5, 5.41) is 0. The second kappa shape index (κ2) is 13.8. The lowest BCUT2D eigenvalue weighted by atomic mass is 10.1. The molecule has 0 N–H and O–H groups in total. The fourth-order valence-corrected chi connectivity index (χ4v) is 2.80. The van der Waals surface area contributed by atoms with Gasteiger partial charge in [0.05, 0.1) is 13.2 Å². The molecule has 154 valence electrons. The highest BCUT2D eigenvalue weighted by molar-refractivity contribution is 5.76. The molecule has 1 rings (SSSR count). The first kappa shape index (κ1) is 23.7. The lowest BCUT2D eigenvalue weighted by molar-refractivity contribution is 0.112. The molecule has 0 amide bonds. The minimum Gasteiger partial charge on any atom is -0.490 e. The number of hydrogen-bond donors (Lipinski definition) is 0. The molecule has 0 atom stereocenters. The minimum atomic E-state index is 0.541. The van der Waals surface area contributed by atoms with Crippen LogP contribution < -0.4 is 9.47 Å². The average molecular weight is 385 g/mol. The molecule has 0 saturated heterocycles. The van der Waals surface area contributed by atoms with Crippen LogP contribution in [0, 0.1) is 0 Å². The van der Waals surface area contributed by atoms with E-state index in [1.54, 1.807) is 18.2 Å². The molecule has 0 aliphatic heterocycles. The summed E-state index contributed by atoms with van der Waals surface area (Å²) in [5.41, 5.74) is 4.84. The van der Waals surface area contributed by atoms with E-state index in [-0.39, 0.29) is 0 Å². The Balaban J connectivity index is 2.38. The summed E-state index contributed by atoms with van der Waals surface area (Å²) in [6.45, 7) is 11.7. The zero-order chi connectivity index (χ0) is 20.8. The molecular formula is C25H36O3. The van der Waals surface area contributed by atoms with Gasteiger partial charge < -0.3 is 9.47 Å². The summed E-state index contributed by atoms with van der Waals surface area (Å²) in [4.78, 5) is 10.9. The van der Waals surface area contributed by atoms with Gasteiger partial charge in [0.2, 0.25) is 0 Å². The van der Waals surface area contributed by atoms with Gasteiger partial charge in [-0.15, -0.1) is 0 Å². The van der Waals surface area contributed by atoms with E-state index in [1.165, 1.54) is 16.7 Å². The highest BCUT2D eigenvalue weighted by Gasteiger charge is 2.06. The van der Waals surface area contributed by atoms with Crippen LogP contribution in [0.25, 0.3) is 0 Å². The van der Waals surface area contributed by atoms with Crippen LogP contribution in [0.1, 0.15) is 77.1 Å². The van der Waals surface area contributed by atoms with Gasteiger partial charge in [-0.1, -0.05) is 34.9 Å². The highest BCUT2D eigenvalue weighted by Crippen LogP contribution is 2.28. The van der Waals surface area contributed by atoms with Crippen LogP contribution in [-0.4, -0.2) is 19.5 Å². The smallest absolute Gasteiger partial charge is 0.161 e. The van der Waals surface area contributed by atoms with Gasteiger partial charge in [0.1, 0.15) is 6.29 Å². The van der Waals surface area contributed by atoms with Crippen LogP contribution in [0.2, 0.25) is 0 Å². The maximum Gasteiger partial charge on any atom is 0.161 e. The van der Waals surface area contributed by atoms with Crippen molar-refractivity contribution in [3.63, 3.8) is 0 Å². The molecule has 0 radical (unpaired) electrons. The zero-order valence-electron chi connectivity index (χ0n) is 18.2. The van der Waals surface area contributed by atoms with Gasteiger partial charge >= 0.3 is 0 Å². The average Bonchev–Trinajstić information content (AvgIpc) is 2.66. The van der Waals surface area contributed by atoms with E-state index >= 15 is 0 Å². The van der Waals surface area contributed by atoms with E-state index in [1.807, 2.05) is 6.92 Å². The maximum absolute atomic E-state index is 10.9. The second-order valence-corrected chi connectivity index (χ2v) is 7.35. The molecule has 0 aliphatic rings. The van der Waals surface area contributed by atoms with Crippen LogP contribution in [0.3, 0.4) is 0 Å². The Morgan fingerprint density at radius 3 is 2.11 bits per heavy atom. The number of allylic oxidation sites excluding steroid dienone is 5. The van der Waals surface area contributed by atoms with E-state index in [0.29, 0.717) is 30.3 Å². The maximum atomic E-state index is 10.9. The quantitative estimate of drug-likeness (QED) is 0.207. The van der Waals surface area contributed by atoms with Crippen molar-refractivity contribution in [3.05, 3.63) is 58.7 Å². The van der Waals surface area contributed by atoms with Gasteiger partial charge in [-0.05, 0) is 84.9 Å². The van der Waals surface area contributed by atoms with Crippen LogP contribution in [0.5, 0.6) is 11.5 Å². The molecule has 0 bridgehead atoms. The van der Waals surface area contributed by atoms with Crippen molar-refractivity contribution >= 4 is 6.29 Å². The SMILES string of the molecule is CCOc1cc(C=O)ccc1OCC/C=C(\C)CC/C=C(\C)CCC=C(C)C. The number of aldehydes is 1. The van der Waals surface area contributed by atoms with Gasteiger partial charge in [0.15, 0.2) is 11.5 Å². The summed E-state index contributed by atoms with van der Waals surface area (Å²) in [6.07, 6.45) is 13.0. The van der Waals surface area contributed by atoms with Crippen molar-refractivity contribution in [3.8, 4) is 11.5 Å². The molecule has 0 aliphatic carbocycles. The number of ether oxygens (including phenoxy) is 2. The molecule has 0 heterocycles. The Morgan fingerprint density at radius 2 is 1.50 bits per heavy atom. The number of carbonyl (C=O) groups excluding carboxylic acids is 1. The van der Waals surface area contributed by atoms with E-state index in [9.17, 15) is 4.79 Å². The van der Waals surface area contributed by atoms with Crippen LogP contribution >= 0.6 is 0 Å². The lowest BCUT2D eigenvalue weighted by Gasteiger charge is -2.11. The lowest BCUT2D eigenvalue weighted by Crippen LogP contribution is -2.01. The number of benzene rings is 1. The first-order chi connectivity index (χ1) is 13.5. The molecule has 0 unspecified atom stereocenters. The van der Waals surface area contributed by atoms with E-state index in [2.05, 4.69) is 45.9 Å². The predicted octanol–water partition coefficient (Wildman–Crippen LogP) is 7.09. The van der Waals surface area contributed by atoms with Crippen LogP contribution in [0.15, 0.2) is 53.1 Å². The molecule has 3 heteroatoms. The summed E-state index contributed by atoms with van der Waals surface area (Å²) >= 11 is 0. The van der Waals surface area contributed by atoms with Gasteiger partial charge in [0.25, 0.3) is 0 Å². The second-order valence-electron chi connectivity index (χ2n) is 7.35. The summed E-state index contributed by atoms with van der Waals surface area (Å²) in [7, 11) is 0.